The Kier molecular flexibility index (Phi) is 7.53. The van der Waals surface area contributed by atoms with Crippen LogP contribution in [-0.2, 0) is 20.8 Å². The van der Waals surface area contributed by atoms with Crippen LogP contribution in [0.15, 0.2) is 47.2 Å². The van der Waals surface area contributed by atoms with E-state index in [4.69, 9.17) is 10.9 Å². The number of hydrogen-bond donors (Lipinski definition) is 7. The van der Waals surface area contributed by atoms with E-state index >= 15 is 0 Å². The predicted molar refractivity (Wildman–Crippen MR) is 157 cm³/mol. The quantitative estimate of drug-likeness (QED) is 0.138. The van der Waals surface area contributed by atoms with E-state index in [1.54, 1.807) is 39.2 Å². The number of carbonyl (C=O) groups is 3. The zero-order valence-corrected chi connectivity index (χ0v) is 24.4. The molecule has 1 amide bonds. The second kappa shape index (κ2) is 10.8. The van der Waals surface area contributed by atoms with Crippen molar-refractivity contribution in [1.82, 2.24) is 4.90 Å². The SMILES string of the molecule is CN(C)c1cc(C#Cc2ccc([NH+]([O-])O)cc2)c(O)c2c1C[C@@H]1C[C@@H]3[C@@H](N(C)C)C(=O)C(C(N)=O)=C(O)[C@]3(O)C(=O)C1=C2O. The number of quaternary nitrogens is 1. The van der Waals surface area contributed by atoms with Gasteiger partial charge in [0.25, 0.3) is 5.91 Å². The smallest absolute Gasteiger partial charge is 0.255 e. The molecule has 1 saturated carbocycles. The van der Waals surface area contributed by atoms with Crippen LogP contribution < -0.4 is 15.9 Å². The first-order valence-corrected chi connectivity index (χ1v) is 13.7. The van der Waals surface area contributed by atoms with Gasteiger partial charge in [-0.3, -0.25) is 19.3 Å². The number of Topliss-reactive ketones (excluding diaryl/α,β-unsaturated/α-hetero) is 2. The van der Waals surface area contributed by atoms with Crippen molar-refractivity contribution in [2.75, 3.05) is 33.1 Å². The molecule has 13 nitrogen and oxygen atoms in total. The van der Waals surface area contributed by atoms with E-state index in [9.17, 15) is 40.0 Å². The van der Waals surface area contributed by atoms with Gasteiger partial charge in [-0.15, -0.1) is 0 Å². The Morgan fingerprint density at radius 2 is 1.73 bits per heavy atom. The highest BCUT2D eigenvalue weighted by atomic mass is 16.8. The number of phenolic OH excluding ortho intramolecular Hbond substituents is 1. The maximum absolute atomic E-state index is 14.1. The predicted octanol–water partition coefficient (Wildman–Crippen LogP) is -0.167. The summed E-state index contributed by atoms with van der Waals surface area (Å²) in [5.41, 5.74) is 3.19. The summed E-state index contributed by atoms with van der Waals surface area (Å²) in [6.45, 7) is 0. The third-order valence-electron chi connectivity index (χ3n) is 8.65. The molecule has 2 aromatic rings. The lowest BCUT2D eigenvalue weighted by Gasteiger charge is -2.50. The summed E-state index contributed by atoms with van der Waals surface area (Å²) in [6.07, 6.45) is 0.118. The number of amides is 1. The molecule has 0 aromatic heterocycles. The third-order valence-corrected chi connectivity index (χ3v) is 8.65. The number of rotatable bonds is 4. The Morgan fingerprint density at radius 1 is 1.09 bits per heavy atom. The monoisotopic (exact) mass is 604 g/mol. The fraction of sp³-hybridized carbons (Fsp3) is 0.323. The third kappa shape index (κ3) is 4.52. The number of aromatic hydroxyl groups is 1. The number of aliphatic hydroxyl groups excluding tert-OH is 2. The van der Waals surface area contributed by atoms with Crippen LogP contribution in [0.4, 0.5) is 11.4 Å². The fourth-order valence-electron chi connectivity index (χ4n) is 6.62. The number of ketones is 2. The summed E-state index contributed by atoms with van der Waals surface area (Å²) in [6, 6.07) is 6.26. The van der Waals surface area contributed by atoms with Crippen molar-refractivity contribution in [3.8, 4) is 17.6 Å². The molecule has 0 radical (unpaired) electrons. The van der Waals surface area contributed by atoms with Crippen molar-refractivity contribution in [2.24, 2.45) is 17.6 Å². The second-order valence-electron chi connectivity index (χ2n) is 11.6. The first kappa shape index (κ1) is 30.7. The van der Waals surface area contributed by atoms with Gasteiger partial charge in [-0.05, 0) is 56.6 Å². The molecule has 13 heteroatoms. The van der Waals surface area contributed by atoms with Gasteiger partial charge >= 0.3 is 0 Å². The van der Waals surface area contributed by atoms with Crippen molar-refractivity contribution in [3.05, 3.63) is 74.7 Å². The number of hydrogen-bond acceptors (Lipinski definition) is 11. The number of phenols is 1. The molecule has 0 heterocycles. The first-order valence-electron chi connectivity index (χ1n) is 13.7. The van der Waals surface area contributed by atoms with Crippen LogP contribution in [0.25, 0.3) is 5.76 Å². The molecule has 0 aliphatic heterocycles. The van der Waals surface area contributed by atoms with Crippen LogP contribution in [0.5, 0.6) is 5.75 Å². The van der Waals surface area contributed by atoms with Crippen molar-refractivity contribution in [3.63, 3.8) is 0 Å². The Labute approximate surface area is 252 Å². The number of fused-ring (bicyclic) bond motifs is 3. The van der Waals surface area contributed by atoms with E-state index in [-0.39, 0.29) is 35.2 Å². The number of nitrogens with zero attached hydrogens (tertiary/aromatic N) is 2. The lowest BCUT2D eigenvalue weighted by molar-refractivity contribution is -0.991. The Morgan fingerprint density at radius 3 is 2.27 bits per heavy atom. The number of benzene rings is 2. The summed E-state index contributed by atoms with van der Waals surface area (Å²) in [5, 5.41) is 65.0. The summed E-state index contributed by atoms with van der Waals surface area (Å²) in [7, 11) is 6.59. The van der Waals surface area contributed by atoms with E-state index in [0.717, 1.165) is 0 Å². The maximum atomic E-state index is 14.1. The summed E-state index contributed by atoms with van der Waals surface area (Å²) in [4.78, 5) is 42.7. The maximum Gasteiger partial charge on any atom is 0.255 e. The molecule has 0 bridgehead atoms. The second-order valence-corrected chi connectivity index (χ2v) is 11.6. The van der Waals surface area contributed by atoms with Crippen molar-refractivity contribution in [2.45, 2.75) is 24.5 Å². The molecule has 2 aromatic carbocycles. The Bertz CT molecular complexity index is 1730. The first-order chi connectivity index (χ1) is 20.6. The van der Waals surface area contributed by atoms with Crippen molar-refractivity contribution < 1.29 is 45.2 Å². The highest BCUT2D eigenvalue weighted by Gasteiger charge is 2.64. The van der Waals surface area contributed by atoms with Crippen molar-refractivity contribution >= 4 is 34.6 Å². The van der Waals surface area contributed by atoms with Gasteiger partial charge < -0.3 is 36.3 Å². The molecule has 3 aliphatic rings. The van der Waals surface area contributed by atoms with Gasteiger partial charge in [0, 0.05) is 49.0 Å². The fourth-order valence-corrected chi connectivity index (χ4v) is 6.62. The number of carbonyl (C=O) groups excluding carboxylic acids is 3. The van der Waals surface area contributed by atoms with Crippen LogP contribution in [0.1, 0.15) is 28.7 Å². The molecule has 0 saturated heterocycles. The van der Waals surface area contributed by atoms with E-state index in [2.05, 4.69) is 11.8 Å². The van der Waals surface area contributed by atoms with Crippen LogP contribution in [0.3, 0.4) is 0 Å². The van der Waals surface area contributed by atoms with Gasteiger partial charge in [0.1, 0.15) is 22.8 Å². The zero-order valence-electron chi connectivity index (χ0n) is 24.4. The van der Waals surface area contributed by atoms with Crippen LogP contribution in [-0.4, -0.2) is 87.8 Å². The molecular formula is C31H32N4O9. The van der Waals surface area contributed by atoms with Gasteiger partial charge in [0.2, 0.25) is 5.78 Å². The van der Waals surface area contributed by atoms with Gasteiger partial charge in [-0.25, -0.2) is 5.21 Å². The van der Waals surface area contributed by atoms with Gasteiger partial charge in [0.15, 0.2) is 17.1 Å². The average Bonchev–Trinajstić information content (AvgIpc) is 2.94. The molecule has 44 heavy (non-hydrogen) atoms. The van der Waals surface area contributed by atoms with Crippen LogP contribution >= 0.6 is 0 Å². The van der Waals surface area contributed by atoms with Crippen LogP contribution in [0.2, 0.25) is 0 Å². The van der Waals surface area contributed by atoms with Gasteiger partial charge in [0.05, 0.1) is 17.2 Å². The minimum absolute atomic E-state index is 0.0205. The minimum Gasteiger partial charge on any atom is -0.595 e. The number of nitrogens with one attached hydrogen (secondary N) is 1. The van der Waals surface area contributed by atoms with E-state index in [1.807, 2.05) is 0 Å². The molecule has 0 spiro atoms. The number of primary amides is 1. The topological polar surface area (TPSA) is 212 Å². The van der Waals surface area contributed by atoms with Gasteiger partial charge in [-0.1, -0.05) is 11.8 Å². The summed E-state index contributed by atoms with van der Waals surface area (Å²) in [5.74, 6) is -1.58. The Balaban J connectivity index is 1.69. The average molecular weight is 605 g/mol. The Hall–Kier alpha value is -4.71. The summed E-state index contributed by atoms with van der Waals surface area (Å²) < 4.78 is 0. The zero-order chi connectivity index (χ0) is 32.4. The molecule has 1 unspecified atom stereocenters. The molecule has 5 rings (SSSR count). The summed E-state index contributed by atoms with van der Waals surface area (Å²) >= 11 is 0. The van der Waals surface area contributed by atoms with E-state index in [0.29, 0.717) is 16.8 Å². The lowest BCUT2D eigenvalue weighted by atomic mass is 9.57. The molecule has 1 fully saturated rings. The number of anilines is 1. The molecular weight excluding hydrogens is 572 g/mol. The molecule has 5 atom stereocenters. The van der Waals surface area contributed by atoms with Gasteiger partial charge in [-0.2, -0.15) is 5.23 Å². The highest BCUT2D eigenvalue weighted by Crippen LogP contribution is 2.54. The van der Waals surface area contributed by atoms with Crippen LogP contribution in [0, 0.1) is 28.9 Å². The highest BCUT2D eigenvalue weighted by molar-refractivity contribution is 6.24. The minimum atomic E-state index is -2.73. The largest absolute Gasteiger partial charge is 0.595 e. The van der Waals surface area contributed by atoms with Crippen molar-refractivity contribution in [1.29, 1.82) is 0 Å². The molecule has 8 N–H and O–H groups in total. The van der Waals surface area contributed by atoms with E-state index < -0.39 is 69.0 Å². The normalized spacial score (nSPS) is 25.1. The molecule has 3 aliphatic carbocycles. The van der Waals surface area contributed by atoms with E-state index in [1.165, 1.54) is 29.2 Å². The number of aliphatic hydroxyl groups is 3. The number of nitrogens with two attached hydrogens (primary N) is 1. The molecule has 230 valence electrons. The lowest BCUT2D eigenvalue weighted by Crippen LogP contribution is -2.99. The number of likely N-dealkylation sites (N-methyl/N-ethyl adjacent to an activating group) is 1. The standard InChI is InChI=1S/C31H32N4O9/c1-33(2)20-13-15(8-5-14-6-9-17(10-7-14)35(43)44)25(36)22-18(20)11-16-12-19-24(34(3)4)27(38)23(30(32)41)29(40)31(19,42)28(39)21(16)26(22)37/h6-7,9-10,13,16,19,24,35-37,40,42-43H,11-12H2,1-4H3,(H2,32,41)/t16-,19-,24-,31-/m1/s1.